The van der Waals surface area contributed by atoms with Gasteiger partial charge in [-0.25, -0.2) is 9.59 Å². The normalized spacial score (nSPS) is 10.1. The van der Waals surface area contributed by atoms with Crippen molar-refractivity contribution >= 4 is 11.9 Å². The zero-order valence-electron chi connectivity index (χ0n) is 8.25. The second-order valence-corrected chi connectivity index (χ2v) is 2.94. The van der Waals surface area contributed by atoms with Crippen molar-refractivity contribution < 1.29 is 33.4 Å². The van der Waals surface area contributed by atoms with Crippen LogP contribution in [0, 0.1) is 0 Å². The zero-order valence-corrected chi connectivity index (χ0v) is 8.25. The molecule has 0 aliphatic heterocycles. The average Bonchev–Trinajstić information content (AvgIpc) is 2.86. The van der Waals surface area contributed by atoms with Crippen LogP contribution in [0.5, 0.6) is 11.5 Å². The molecule has 7 heteroatoms. The molecule has 0 atom stereocenters. The molecule has 2 aromatic heterocycles. The summed E-state index contributed by atoms with van der Waals surface area (Å²) in [5.41, 5.74) is 0. The maximum Gasteiger partial charge on any atom is 0.375 e. The van der Waals surface area contributed by atoms with E-state index < -0.39 is 23.5 Å². The van der Waals surface area contributed by atoms with Crippen molar-refractivity contribution in [1.29, 1.82) is 0 Å². The summed E-state index contributed by atoms with van der Waals surface area (Å²) in [5, 5.41) is 17.5. The van der Waals surface area contributed by atoms with Gasteiger partial charge in [-0.05, 0) is 0 Å². The van der Waals surface area contributed by atoms with Gasteiger partial charge in [0.05, 0.1) is 12.5 Å². The summed E-state index contributed by atoms with van der Waals surface area (Å²) in [7, 11) is 0. The fourth-order valence-corrected chi connectivity index (χ4v) is 1.19. The maximum atomic E-state index is 10.7. The van der Waals surface area contributed by atoms with Crippen molar-refractivity contribution in [2.24, 2.45) is 0 Å². The third-order valence-corrected chi connectivity index (χ3v) is 1.87. The van der Waals surface area contributed by atoms with Gasteiger partial charge in [0.2, 0.25) is 0 Å². The number of hydrogen-bond donors (Lipinski definition) is 2. The molecule has 0 saturated heterocycles. The van der Waals surface area contributed by atoms with Gasteiger partial charge < -0.3 is 23.8 Å². The lowest BCUT2D eigenvalue weighted by Crippen LogP contribution is -1.99. The summed E-state index contributed by atoms with van der Waals surface area (Å²) in [6, 6.07) is 2.53. The summed E-state index contributed by atoms with van der Waals surface area (Å²) in [6.07, 6.45) is 2.25. The molecule has 0 aliphatic carbocycles. The molecular weight excluding hydrogens is 232 g/mol. The first-order chi connectivity index (χ1) is 8.09. The SMILES string of the molecule is O=C(O)c1occc1Oc1ccoc1C(=O)O. The van der Waals surface area contributed by atoms with E-state index >= 15 is 0 Å². The molecule has 7 nitrogen and oxygen atoms in total. The van der Waals surface area contributed by atoms with Crippen LogP contribution in [-0.4, -0.2) is 22.2 Å². The van der Waals surface area contributed by atoms with Crippen LogP contribution in [-0.2, 0) is 0 Å². The monoisotopic (exact) mass is 238 g/mol. The fraction of sp³-hybridized carbons (Fsp3) is 0. The molecule has 0 bridgehead atoms. The topological polar surface area (TPSA) is 110 Å². The summed E-state index contributed by atoms with van der Waals surface area (Å²) >= 11 is 0. The molecule has 0 amide bonds. The zero-order chi connectivity index (χ0) is 12.4. The highest BCUT2D eigenvalue weighted by molar-refractivity contribution is 5.89. The standard InChI is InChI=1S/C10H6O7/c11-9(12)7-5(1-3-15-7)17-6-2-4-16-8(6)10(13)14/h1-4H,(H,11,12)(H,13,14). The van der Waals surface area contributed by atoms with Crippen molar-refractivity contribution in [2.75, 3.05) is 0 Å². The third kappa shape index (κ3) is 1.98. The fourth-order valence-electron chi connectivity index (χ4n) is 1.19. The van der Waals surface area contributed by atoms with Gasteiger partial charge in [-0.1, -0.05) is 0 Å². The molecule has 0 spiro atoms. The number of ether oxygens (including phenoxy) is 1. The molecule has 0 unspecified atom stereocenters. The summed E-state index contributed by atoms with van der Waals surface area (Å²) < 4.78 is 14.4. The van der Waals surface area contributed by atoms with E-state index in [1.807, 2.05) is 0 Å². The Balaban J connectivity index is 2.32. The van der Waals surface area contributed by atoms with E-state index in [1.165, 1.54) is 12.1 Å². The van der Waals surface area contributed by atoms with Crippen LogP contribution in [0.15, 0.2) is 33.5 Å². The molecule has 0 radical (unpaired) electrons. The van der Waals surface area contributed by atoms with Crippen molar-refractivity contribution in [2.45, 2.75) is 0 Å². The minimum atomic E-state index is -1.31. The van der Waals surface area contributed by atoms with Gasteiger partial charge in [0, 0.05) is 12.1 Å². The first-order valence-corrected chi connectivity index (χ1v) is 4.39. The number of carboxylic acid groups (broad SMARTS) is 2. The number of aromatic carboxylic acids is 2. The van der Waals surface area contributed by atoms with E-state index in [-0.39, 0.29) is 11.5 Å². The molecule has 0 aromatic carbocycles. The average molecular weight is 238 g/mol. The third-order valence-electron chi connectivity index (χ3n) is 1.87. The van der Waals surface area contributed by atoms with E-state index in [0.29, 0.717) is 0 Å². The van der Waals surface area contributed by atoms with E-state index in [1.54, 1.807) is 0 Å². The van der Waals surface area contributed by atoms with Crippen molar-refractivity contribution in [3.63, 3.8) is 0 Å². The predicted octanol–water partition coefficient (Wildman–Crippen LogP) is 2.06. The minimum Gasteiger partial charge on any atom is -0.475 e. The Hall–Kier alpha value is -2.70. The Morgan fingerprint density at radius 2 is 1.35 bits per heavy atom. The molecule has 0 saturated carbocycles. The maximum absolute atomic E-state index is 10.7. The van der Waals surface area contributed by atoms with Gasteiger partial charge in [-0.15, -0.1) is 0 Å². The Bertz CT molecular complexity index is 512. The van der Waals surface area contributed by atoms with Gasteiger partial charge >= 0.3 is 11.9 Å². The highest BCUT2D eigenvalue weighted by Gasteiger charge is 2.21. The molecule has 88 valence electrons. The first-order valence-electron chi connectivity index (χ1n) is 4.39. The van der Waals surface area contributed by atoms with Gasteiger partial charge in [0.1, 0.15) is 0 Å². The molecule has 2 N–H and O–H groups in total. The smallest absolute Gasteiger partial charge is 0.375 e. The van der Waals surface area contributed by atoms with Crippen LogP contribution in [0.3, 0.4) is 0 Å². The highest BCUT2D eigenvalue weighted by Crippen LogP contribution is 2.29. The van der Waals surface area contributed by atoms with Crippen LogP contribution in [0.25, 0.3) is 0 Å². The number of hydrogen-bond acceptors (Lipinski definition) is 5. The number of carboxylic acids is 2. The van der Waals surface area contributed by atoms with Crippen LogP contribution < -0.4 is 4.74 Å². The Morgan fingerprint density at radius 1 is 0.941 bits per heavy atom. The summed E-state index contributed by atoms with van der Waals surface area (Å²) in [5.74, 6) is -3.65. The second kappa shape index (κ2) is 4.05. The quantitative estimate of drug-likeness (QED) is 0.838. The number of carbonyl (C=O) groups is 2. The molecule has 2 heterocycles. The van der Waals surface area contributed by atoms with Crippen molar-refractivity contribution in [3.8, 4) is 11.5 Å². The summed E-state index contributed by atoms with van der Waals surface area (Å²) in [4.78, 5) is 21.4. The van der Waals surface area contributed by atoms with Gasteiger partial charge in [-0.3, -0.25) is 0 Å². The van der Waals surface area contributed by atoms with Crippen LogP contribution in [0.4, 0.5) is 0 Å². The van der Waals surface area contributed by atoms with Crippen molar-refractivity contribution in [1.82, 2.24) is 0 Å². The molecule has 0 aliphatic rings. The van der Waals surface area contributed by atoms with Crippen molar-refractivity contribution in [3.05, 3.63) is 36.2 Å². The van der Waals surface area contributed by atoms with Gasteiger partial charge in [0.25, 0.3) is 11.5 Å². The van der Waals surface area contributed by atoms with Gasteiger partial charge in [-0.2, -0.15) is 0 Å². The Kier molecular flexibility index (Phi) is 2.57. The highest BCUT2D eigenvalue weighted by atomic mass is 16.5. The van der Waals surface area contributed by atoms with E-state index in [4.69, 9.17) is 14.9 Å². The largest absolute Gasteiger partial charge is 0.475 e. The Morgan fingerprint density at radius 3 is 1.71 bits per heavy atom. The second-order valence-electron chi connectivity index (χ2n) is 2.94. The Labute approximate surface area is 93.8 Å². The summed E-state index contributed by atoms with van der Waals surface area (Å²) in [6.45, 7) is 0. The molecular formula is C10H6O7. The lowest BCUT2D eigenvalue weighted by molar-refractivity contribution is 0.0654. The van der Waals surface area contributed by atoms with Crippen LogP contribution in [0.1, 0.15) is 21.1 Å². The van der Waals surface area contributed by atoms with Gasteiger partial charge in [0.15, 0.2) is 11.5 Å². The van der Waals surface area contributed by atoms with Crippen LogP contribution in [0.2, 0.25) is 0 Å². The predicted molar refractivity (Wildman–Crippen MR) is 51.4 cm³/mol. The number of rotatable bonds is 4. The lowest BCUT2D eigenvalue weighted by atomic mass is 10.4. The molecule has 17 heavy (non-hydrogen) atoms. The van der Waals surface area contributed by atoms with E-state index in [9.17, 15) is 9.59 Å². The van der Waals surface area contributed by atoms with E-state index in [2.05, 4.69) is 8.83 Å². The number of furan rings is 2. The first kappa shape index (κ1) is 10.8. The minimum absolute atomic E-state index is 0.0959. The van der Waals surface area contributed by atoms with E-state index in [0.717, 1.165) is 12.5 Å². The lowest BCUT2D eigenvalue weighted by Gasteiger charge is -2.01. The molecule has 0 fully saturated rings. The van der Waals surface area contributed by atoms with Crippen LogP contribution >= 0.6 is 0 Å². The molecule has 2 rings (SSSR count). The molecule has 2 aromatic rings.